The molecule has 5 nitrogen and oxygen atoms in total. The summed E-state index contributed by atoms with van der Waals surface area (Å²) < 4.78 is 0. The van der Waals surface area contributed by atoms with E-state index in [9.17, 15) is 14.4 Å². The Morgan fingerprint density at radius 3 is 2.41 bits per heavy atom. The first-order chi connectivity index (χ1) is 14.0. The van der Waals surface area contributed by atoms with Crippen LogP contribution in [0.1, 0.15) is 5.56 Å². The molecule has 0 radical (unpaired) electrons. The van der Waals surface area contributed by atoms with E-state index in [1.807, 2.05) is 53.4 Å². The normalized spacial score (nSPS) is 24.1. The summed E-state index contributed by atoms with van der Waals surface area (Å²) in [5.74, 6) is -1.68. The molecule has 4 atom stereocenters. The molecule has 1 heterocycles. The molecule has 0 aliphatic carbocycles. The monoisotopic (exact) mass is 410 g/mol. The van der Waals surface area contributed by atoms with Crippen LogP contribution in [0.15, 0.2) is 67.3 Å². The van der Waals surface area contributed by atoms with Crippen molar-refractivity contribution in [2.75, 3.05) is 11.9 Å². The number of nitrogens with zero attached hydrogens (tertiary/aromatic N) is 2. The molecule has 2 aromatic carbocycles. The van der Waals surface area contributed by atoms with Crippen molar-refractivity contribution in [1.29, 1.82) is 0 Å². The molecule has 0 aromatic heterocycles. The second-order valence-electron chi connectivity index (χ2n) is 7.13. The minimum absolute atomic E-state index is 0.223. The van der Waals surface area contributed by atoms with Gasteiger partial charge in [-0.3, -0.25) is 9.69 Å². The minimum Gasteiger partial charge on any atom is -0.315 e. The van der Waals surface area contributed by atoms with Gasteiger partial charge in [-0.05, 0) is 29.8 Å². The number of para-hydroxylation sites is 1. The quantitative estimate of drug-likeness (QED) is 0.518. The van der Waals surface area contributed by atoms with Gasteiger partial charge >= 0.3 is 0 Å². The van der Waals surface area contributed by atoms with Gasteiger partial charge in [0.25, 0.3) is 0 Å². The van der Waals surface area contributed by atoms with Gasteiger partial charge in [0.1, 0.15) is 12.6 Å². The molecule has 2 aromatic rings. The molecule has 1 aliphatic rings. The van der Waals surface area contributed by atoms with Gasteiger partial charge in [-0.1, -0.05) is 48.0 Å². The predicted molar refractivity (Wildman–Crippen MR) is 114 cm³/mol. The third kappa shape index (κ3) is 4.16. The molecule has 1 amide bonds. The van der Waals surface area contributed by atoms with Crippen LogP contribution in [0.5, 0.6) is 0 Å². The minimum atomic E-state index is -0.756. The van der Waals surface area contributed by atoms with Gasteiger partial charge in [0, 0.05) is 30.3 Å². The van der Waals surface area contributed by atoms with Crippen molar-refractivity contribution >= 4 is 35.8 Å². The SMILES string of the molecule is C=CC1C(C(=O)N(C)c2ccccc2)C(C=O)C(C=O)N1Cc1cccc(Cl)c1. The number of likely N-dealkylation sites (tertiary alicyclic amines) is 1. The summed E-state index contributed by atoms with van der Waals surface area (Å²) >= 11 is 6.09. The first-order valence-corrected chi connectivity index (χ1v) is 9.75. The van der Waals surface area contributed by atoms with Crippen molar-refractivity contribution < 1.29 is 14.4 Å². The van der Waals surface area contributed by atoms with E-state index in [0.29, 0.717) is 11.6 Å². The Kier molecular flexibility index (Phi) is 6.62. The van der Waals surface area contributed by atoms with Crippen LogP contribution in [-0.4, -0.2) is 42.5 Å². The summed E-state index contributed by atoms with van der Waals surface area (Å²) in [5.41, 5.74) is 1.62. The van der Waals surface area contributed by atoms with E-state index in [4.69, 9.17) is 11.6 Å². The number of hydrogen-bond donors (Lipinski definition) is 0. The van der Waals surface area contributed by atoms with E-state index in [1.165, 1.54) is 4.90 Å². The van der Waals surface area contributed by atoms with E-state index >= 15 is 0 Å². The average molecular weight is 411 g/mol. The molecule has 6 heteroatoms. The maximum Gasteiger partial charge on any atom is 0.232 e. The van der Waals surface area contributed by atoms with Crippen molar-refractivity contribution in [1.82, 2.24) is 4.90 Å². The lowest BCUT2D eigenvalue weighted by Gasteiger charge is -2.28. The summed E-state index contributed by atoms with van der Waals surface area (Å²) in [6, 6.07) is 15.3. The smallest absolute Gasteiger partial charge is 0.232 e. The zero-order chi connectivity index (χ0) is 21.0. The van der Waals surface area contributed by atoms with Crippen LogP contribution in [-0.2, 0) is 20.9 Å². The largest absolute Gasteiger partial charge is 0.315 e. The molecule has 1 fully saturated rings. The number of anilines is 1. The second kappa shape index (κ2) is 9.16. The molecule has 0 spiro atoms. The topological polar surface area (TPSA) is 57.7 Å². The summed E-state index contributed by atoms with van der Waals surface area (Å²) in [6.45, 7) is 4.26. The summed E-state index contributed by atoms with van der Waals surface area (Å²) in [5, 5.41) is 0.586. The van der Waals surface area contributed by atoms with Crippen LogP contribution >= 0.6 is 11.6 Å². The lowest BCUT2D eigenvalue weighted by atomic mass is 9.87. The molecular weight excluding hydrogens is 388 g/mol. The number of carbonyl (C=O) groups excluding carboxylic acids is 3. The first-order valence-electron chi connectivity index (χ1n) is 9.37. The molecule has 4 unspecified atom stereocenters. The fourth-order valence-electron chi connectivity index (χ4n) is 4.05. The Balaban J connectivity index is 1.95. The molecule has 150 valence electrons. The Labute approximate surface area is 175 Å². The first kappa shape index (κ1) is 21.0. The molecular formula is C23H23ClN2O3. The van der Waals surface area contributed by atoms with E-state index in [0.717, 1.165) is 23.8 Å². The number of amides is 1. The van der Waals surface area contributed by atoms with Gasteiger partial charge in [-0.25, -0.2) is 0 Å². The highest BCUT2D eigenvalue weighted by Gasteiger charge is 2.51. The fourth-order valence-corrected chi connectivity index (χ4v) is 4.27. The van der Waals surface area contributed by atoms with Crippen molar-refractivity contribution in [3.63, 3.8) is 0 Å². The Morgan fingerprint density at radius 1 is 1.10 bits per heavy atom. The van der Waals surface area contributed by atoms with Crippen molar-refractivity contribution in [2.24, 2.45) is 11.8 Å². The molecule has 1 aliphatic heterocycles. The Morgan fingerprint density at radius 2 is 1.83 bits per heavy atom. The van der Waals surface area contributed by atoms with E-state index in [1.54, 1.807) is 19.2 Å². The summed E-state index contributed by atoms with van der Waals surface area (Å²) in [6.07, 6.45) is 3.11. The number of carbonyl (C=O) groups is 3. The summed E-state index contributed by atoms with van der Waals surface area (Å²) in [4.78, 5) is 40.6. The second-order valence-corrected chi connectivity index (χ2v) is 7.56. The van der Waals surface area contributed by atoms with Gasteiger partial charge in [0.05, 0.1) is 17.9 Å². The molecule has 3 rings (SSSR count). The van der Waals surface area contributed by atoms with Gasteiger partial charge in [0.2, 0.25) is 5.91 Å². The third-order valence-electron chi connectivity index (χ3n) is 5.49. The lowest BCUT2D eigenvalue weighted by molar-refractivity contribution is -0.127. The molecule has 0 N–H and O–H groups in total. The number of rotatable bonds is 7. The van der Waals surface area contributed by atoms with Crippen LogP contribution < -0.4 is 4.90 Å². The zero-order valence-corrected chi connectivity index (χ0v) is 16.9. The Hall–Kier alpha value is -2.76. The number of halogens is 1. The maximum absolute atomic E-state index is 13.4. The summed E-state index contributed by atoms with van der Waals surface area (Å²) in [7, 11) is 1.68. The van der Waals surface area contributed by atoms with Crippen molar-refractivity contribution in [2.45, 2.75) is 18.6 Å². The van der Waals surface area contributed by atoms with Crippen LogP contribution in [0.3, 0.4) is 0 Å². The molecule has 29 heavy (non-hydrogen) atoms. The van der Waals surface area contributed by atoms with Crippen LogP contribution in [0.25, 0.3) is 0 Å². The molecule has 1 saturated heterocycles. The Bertz CT molecular complexity index is 902. The zero-order valence-electron chi connectivity index (χ0n) is 16.1. The van der Waals surface area contributed by atoms with Crippen molar-refractivity contribution in [3.8, 4) is 0 Å². The van der Waals surface area contributed by atoms with Crippen molar-refractivity contribution in [3.05, 3.63) is 77.8 Å². The highest BCUT2D eigenvalue weighted by Crippen LogP contribution is 2.37. The van der Waals surface area contributed by atoms with Gasteiger partial charge in [-0.15, -0.1) is 6.58 Å². The third-order valence-corrected chi connectivity index (χ3v) is 5.73. The van der Waals surface area contributed by atoms with Gasteiger partial charge in [-0.2, -0.15) is 0 Å². The van der Waals surface area contributed by atoms with Gasteiger partial charge in [0.15, 0.2) is 0 Å². The fraction of sp³-hybridized carbons (Fsp3) is 0.261. The maximum atomic E-state index is 13.4. The molecule has 0 bridgehead atoms. The highest BCUT2D eigenvalue weighted by molar-refractivity contribution is 6.30. The van der Waals surface area contributed by atoms with Gasteiger partial charge < -0.3 is 14.5 Å². The predicted octanol–water partition coefficient (Wildman–Crippen LogP) is 3.37. The number of benzene rings is 2. The number of hydrogen-bond acceptors (Lipinski definition) is 4. The molecule has 0 saturated carbocycles. The van der Waals surface area contributed by atoms with Crippen LogP contribution in [0.2, 0.25) is 5.02 Å². The standard InChI is InChI=1S/C23H23ClN2O3/c1-3-20-22(23(29)25(2)18-10-5-4-6-11-18)19(14-27)21(15-28)26(20)13-16-8-7-9-17(24)12-16/h3-12,14-15,19-22H,1,13H2,2H3. The van der Waals surface area contributed by atoms with Crippen LogP contribution in [0.4, 0.5) is 5.69 Å². The van der Waals surface area contributed by atoms with E-state index in [-0.39, 0.29) is 5.91 Å². The van der Waals surface area contributed by atoms with E-state index in [2.05, 4.69) is 6.58 Å². The average Bonchev–Trinajstić information content (AvgIpc) is 3.05. The lowest BCUT2D eigenvalue weighted by Crippen LogP contribution is -2.41. The highest BCUT2D eigenvalue weighted by atomic mass is 35.5. The number of aldehydes is 2. The van der Waals surface area contributed by atoms with Crippen LogP contribution in [0, 0.1) is 11.8 Å². The van der Waals surface area contributed by atoms with E-state index < -0.39 is 23.9 Å².